The molecule has 0 bridgehead atoms. The molecule has 1 N–H and O–H groups in total. The van der Waals surface area contributed by atoms with E-state index in [1.807, 2.05) is 37.4 Å². The molecule has 0 spiro atoms. The molecule has 23 heavy (non-hydrogen) atoms. The van der Waals surface area contributed by atoms with Crippen LogP contribution in [0.4, 0.5) is 0 Å². The molecule has 0 atom stereocenters. The molecule has 1 aromatic carbocycles. The molecule has 0 saturated carbocycles. The molecule has 1 heterocycles. The van der Waals surface area contributed by atoms with Crippen molar-refractivity contribution >= 4 is 39.4 Å². The number of halogens is 1. The van der Waals surface area contributed by atoms with Gasteiger partial charge in [0.1, 0.15) is 0 Å². The average Bonchev–Trinajstić information content (AvgIpc) is 3.05. The number of ether oxygens (including phenoxy) is 2. The van der Waals surface area contributed by atoms with E-state index in [1.165, 1.54) is 11.3 Å². The molecule has 1 aromatic heterocycles. The minimum atomic E-state index is -0.230. The second-order valence-electron chi connectivity index (χ2n) is 4.37. The van der Waals surface area contributed by atoms with Crippen molar-refractivity contribution in [3.05, 3.63) is 44.6 Å². The second kappa shape index (κ2) is 8.69. The highest BCUT2D eigenvalue weighted by Gasteiger charge is 2.11. The minimum Gasteiger partial charge on any atom is -0.490 e. The smallest absolute Gasteiger partial charge is 0.281 e. The van der Waals surface area contributed by atoms with Crippen molar-refractivity contribution < 1.29 is 14.3 Å². The van der Waals surface area contributed by atoms with Gasteiger partial charge in [-0.2, -0.15) is 5.10 Å². The molecule has 7 heteroatoms. The number of nitrogens with one attached hydrogen (secondary N) is 1. The number of hydrogen-bond donors (Lipinski definition) is 1. The van der Waals surface area contributed by atoms with Gasteiger partial charge in [0, 0.05) is 0 Å². The van der Waals surface area contributed by atoms with Crippen LogP contribution in [0, 0.1) is 0 Å². The highest BCUT2D eigenvalue weighted by atomic mass is 79.9. The van der Waals surface area contributed by atoms with Gasteiger partial charge in [-0.25, -0.2) is 5.43 Å². The van der Waals surface area contributed by atoms with Gasteiger partial charge < -0.3 is 9.47 Å². The SMILES string of the molecule is CCOc1cc(/C=N\NC(=O)c2cccs2)cc(Br)c1OCC. The Morgan fingerprint density at radius 2 is 2.13 bits per heavy atom. The zero-order valence-electron chi connectivity index (χ0n) is 12.8. The maximum Gasteiger partial charge on any atom is 0.281 e. The molecule has 2 aromatic rings. The summed E-state index contributed by atoms with van der Waals surface area (Å²) in [7, 11) is 0. The first-order valence-corrected chi connectivity index (χ1v) is 8.79. The van der Waals surface area contributed by atoms with Crippen molar-refractivity contribution in [1.82, 2.24) is 5.43 Å². The second-order valence-corrected chi connectivity index (χ2v) is 6.17. The lowest BCUT2D eigenvalue weighted by molar-refractivity contribution is 0.0959. The lowest BCUT2D eigenvalue weighted by atomic mass is 10.2. The van der Waals surface area contributed by atoms with Gasteiger partial charge in [0.25, 0.3) is 5.91 Å². The maximum absolute atomic E-state index is 11.8. The van der Waals surface area contributed by atoms with Crippen LogP contribution in [0.1, 0.15) is 29.1 Å². The number of hydrogen-bond acceptors (Lipinski definition) is 5. The lowest BCUT2D eigenvalue weighted by Crippen LogP contribution is -2.16. The van der Waals surface area contributed by atoms with E-state index in [0.29, 0.717) is 29.6 Å². The monoisotopic (exact) mass is 396 g/mol. The van der Waals surface area contributed by atoms with Gasteiger partial charge in [0.05, 0.1) is 28.8 Å². The molecule has 0 aliphatic carbocycles. The van der Waals surface area contributed by atoms with Crippen LogP contribution in [-0.2, 0) is 0 Å². The molecular weight excluding hydrogens is 380 g/mol. The molecule has 1 amide bonds. The van der Waals surface area contributed by atoms with E-state index >= 15 is 0 Å². The fourth-order valence-corrected chi connectivity index (χ4v) is 3.03. The van der Waals surface area contributed by atoms with Crippen molar-refractivity contribution in [3.63, 3.8) is 0 Å². The van der Waals surface area contributed by atoms with Crippen LogP contribution >= 0.6 is 27.3 Å². The van der Waals surface area contributed by atoms with E-state index in [0.717, 1.165) is 10.0 Å². The molecule has 2 rings (SSSR count). The Morgan fingerprint density at radius 3 is 2.78 bits per heavy atom. The third-order valence-corrected chi connectivity index (χ3v) is 4.20. The van der Waals surface area contributed by atoms with Crippen LogP contribution in [0.5, 0.6) is 11.5 Å². The van der Waals surface area contributed by atoms with Crippen LogP contribution < -0.4 is 14.9 Å². The predicted molar refractivity (Wildman–Crippen MR) is 95.9 cm³/mol. The fraction of sp³-hybridized carbons (Fsp3) is 0.250. The van der Waals surface area contributed by atoms with Crippen LogP contribution in [0.15, 0.2) is 39.2 Å². The van der Waals surface area contributed by atoms with Crippen LogP contribution in [0.2, 0.25) is 0 Å². The van der Waals surface area contributed by atoms with Crippen molar-refractivity contribution in [2.45, 2.75) is 13.8 Å². The largest absolute Gasteiger partial charge is 0.490 e. The summed E-state index contributed by atoms with van der Waals surface area (Å²) in [6.45, 7) is 4.90. The summed E-state index contributed by atoms with van der Waals surface area (Å²) < 4.78 is 12.0. The summed E-state index contributed by atoms with van der Waals surface area (Å²) in [6, 6.07) is 7.24. The molecule has 122 valence electrons. The van der Waals surface area contributed by atoms with E-state index in [9.17, 15) is 4.79 Å². The van der Waals surface area contributed by atoms with E-state index in [1.54, 1.807) is 12.3 Å². The summed E-state index contributed by atoms with van der Waals surface area (Å²) in [5.41, 5.74) is 3.29. The van der Waals surface area contributed by atoms with Gasteiger partial charge in [-0.3, -0.25) is 4.79 Å². The van der Waals surface area contributed by atoms with E-state index in [-0.39, 0.29) is 5.91 Å². The topological polar surface area (TPSA) is 59.9 Å². The van der Waals surface area contributed by atoms with Gasteiger partial charge in [-0.05, 0) is 58.9 Å². The normalized spacial score (nSPS) is 10.7. The zero-order valence-corrected chi connectivity index (χ0v) is 15.2. The number of carbonyl (C=O) groups excluding carboxylic acids is 1. The van der Waals surface area contributed by atoms with E-state index < -0.39 is 0 Å². The summed E-state index contributed by atoms with van der Waals surface area (Å²) in [4.78, 5) is 12.4. The molecule has 0 radical (unpaired) electrons. The Bertz CT molecular complexity index is 687. The Kier molecular flexibility index (Phi) is 6.61. The molecule has 0 saturated heterocycles. The summed E-state index contributed by atoms with van der Waals surface area (Å²) in [5, 5.41) is 5.82. The van der Waals surface area contributed by atoms with Crippen LogP contribution in [0.3, 0.4) is 0 Å². The van der Waals surface area contributed by atoms with Crippen LogP contribution in [0.25, 0.3) is 0 Å². The number of carbonyl (C=O) groups is 1. The first-order valence-electron chi connectivity index (χ1n) is 7.11. The molecule has 0 aliphatic rings. The Labute approximate surface area is 147 Å². The van der Waals surface area contributed by atoms with Crippen LogP contribution in [-0.4, -0.2) is 25.3 Å². The molecule has 0 aliphatic heterocycles. The van der Waals surface area contributed by atoms with Crippen molar-refractivity contribution in [2.75, 3.05) is 13.2 Å². The molecular formula is C16H17BrN2O3S. The summed E-state index contributed by atoms with van der Waals surface area (Å²) >= 11 is 4.84. The van der Waals surface area contributed by atoms with Gasteiger partial charge in [-0.15, -0.1) is 11.3 Å². The van der Waals surface area contributed by atoms with Crippen molar-refractivity contribution in [3.8, 4) is 11.5 Å². The highest BCUT2D eigenvalue weighted by Crippen LogP contribution is 2.36. The summed E-state index contributed by atoms with van der Waals surface area (Å²) in [5.74, 6) is 1.06. The van der Waals surface area contributed by atoms with Gasteiger partial charge in [0.2, 0.25) is 0 Å². The minimum absolute atomic E-state index is 0.230. The number of thiophene rings is 1. The highest BCUT2D eigenvalue weighted by molar-refractivity contribution is 9.10. The Balaban J connectivity index is 2.13. The summed E-state index contributed by atoms with van der Waals surface area (Å²) in [6.07, 6.45) is 1.56. The quantitative estimate of drug-likeness (QED) is 0.566. The zero-order chi connectivity index (χ0) is 16.7. The van der Waals surface area contributed by atoms with Crippen molar-refractivity contribution in [1.29, 1.82) is 0 Å². The Morgan fingerprint density at radius 1 is 1.35 bits per heavy atom. The number of amides is 1. The van der Waals surface area contributed by atoms with Gasteiger partial charge in [0.15, 0.2) is 11.5 Å². The molecule has 0 fully saturated rings. The predicted octanol–water partition coefficient (Wildman–Crippen LogP) is 4.07. The lowest BCUT2D eigenvalue weighted by Gasteiger charge is -2.13. The average molecular weight is 397 g/mol. The first-order chi connectivity index (χ1) is 11.2. The maximum atomic E-state index is 11.8. The van der Waals surface area contributed by atoms with Gasteiger partial charge >= 0.3 is 0 Å². The van der Waals surface area contributed by atoms with E-state index in [2.05, 4.69) is 26.5 Å². The third-order valence-electron chi connectivity index (χ3n) is 2.75. The number of rotatable bonds is 7. The first kappa shape index (κ1) is 17.5. The molecule has 5 nitrogen and oxygen atoms in total. The fourth-order valence-electron chi connectivity index (χ4n) is 1.84. The number of hydrazone groups is 1. The molecule has 0 unspecified atom stereocenters. The van der Waals surface area contributed by atoms with Crippen molar-refractivity contribution in [2.24, 2.45) is 5.10 Å². The third kappa shape index (κ3) is 4.80. The Hall–Kier alpha value is -1.86. The number of benzene rings is 1. The standard InChI is InChI=1S/C16H17BrN2O3S/c1-3-21-13-9-11(8-12(17)15(13)22-4-2)10-18-19-16(20)14-6-5-7-23-14/h5-10H,3-4H2,1-2H3,(H,19,20)/b18-10-. The number of nitrogens with zero attached hydrogens (tertiary/aromatic N) is 1. The van der Waals surface area contributed by atoms with Gasteiger partial charge in [-0.1, -0.05) is 6.07 Å². The van der Waals surface area contributed by atoms with E-state index in [4.69, 9.17) is 9.47 Å².